The number of alkyl halides is 3. The molecule has 0 spiro atoms. The minimum atomic E-state index is -4.50. The van der Waals surface area contributed by atoms with Crippen molar-refractivity contribution in [2.24, 2.45) is 0 Å². The van der Waals surface area contributed by atoms with Gasteiger partial charge in [-0.2, -0.15) is 13.2 Å². The van der Waals surface area contributed by atoms with E-state index in [1.54, 1.807) is 30.3 Å². The molecule has 7 heteroatoms. The zero-order valence-electron chi connectivity index (χ0n) is 11.3. The summed E-state index contributed by atoms with van der Waals surface area (Å²) in [6.07, 6.45) is -2.90. The van der Waals surface area contributed by atoms with Crippen LogP contribution in [0, 0.1) is 0 Å². The number of anilines is 1. The van der Waals surface area contributed by atoms with Gasteiger partial charge >= 0.3 is 6.18 Å². The van der Waals surface area contributed by atoms with Crippen molar-refractivity contribution in [3.63, 3.8) is 0 Å². The Kier molecular flexibility index (Phi) is 4.27. The molecule has 0 saturated carbocycles. The van der Waals surface area contributed by atoms with Gasteiger partial charge in [-0.1, -0.05) is 24.8 Å². The van der Waals surface area contributed by atoms with Crippen LogP contribution in [0.25, 0.3) is 6.08 Å². The highest BCUT2D eigenvalue weighted by atomic mass is 32.2. The Morgan fingerprint density at radius 1 is 0.955 bits per heavy atom. The van der Waals surface area contributed by atoms with Crippen LogP contribution in [0.2, 0.25) is 0 Å². The molecular weight excluding hydrogens is 315 g/mol. The zero-order valence-corrected chi connectivity index (χ0v) is 12.1. The van der Waals surface area contributed by atoms with Crippen molar-refractivity contribution < 1.29 is 21.6 Å². The largest absolute Gasteiger partial charge is 0.416 e. The molecule has 0 aliphatic carbocycles. The highest BCUT2D eigenvalue weighted by Crippen LogP contribution is 2.30. The highest BCUT2D eigenvalue weighted by Gasteiger charge is 2.30. The predicted molar refractivity (Wildman–Crippen MR) is 78.8 cm³/mol. The van der Waals surface area contributed by atoms with Gasteiger partial charge in [0.2, 0.25) is 0 Å². The second-order valence-corrected chi connectivity index (χ2v) is 6.14. The molecule has 116 valence electrons. The Bertz CT molecular complexity index is 764. The molecule has 0 bridgehead atoms. The molecule has 0 fully saturated rings. The van der Waals surface area contributed by atoms with Gasteiger partial charge in [-0.3, -0.25) is 4.72 Å². The van der Waals surface area contributed by atoms with E-state index in [0.29, 0.717) is 5.69 Å². The third-order valence-corrected chi connectivity index (χ3v) is 4.29. The quantitative estimate of drug-likeness (QED) is 0.917. The molecule has 0 radical (unpaired) electrons. The Morgan fingerprint density at radius 2 is 1.50 bits per heavy atom. The van der Waals surface area contributed by atoms with E-state index < -0.39 is 21.8 Å². The van der Waals surface area contributed by atoms with Crippen LogP contribution in [0.15, 0.2) is 60.0 Å². The van der Waals surface area contributed by atoms with E-state index in [4.69, 9.17) is 0 Å². The molecule has 0 aliphatic rings. The Morgan fingerprint density at radius 3 is 1.95 bits per heavy atom. The molecule has 22 heavy (non-hydrogen) atoms. The van der Waals surface area contributed by atoms with Gasteiger partial charge in [0.15, 0.2) is 0 Å². The summed E-state index contributed by atoms with van der Waals surface area (Å²) in [6, 6.07) is 9.71. The monoisotopic (exact) mass is 327 g/mol. The fourth-order valence-electron chi connectivity index (χ4n) is 1.72. The van der Waals surface area contributed by atoms with E-state index in [0.717, 1.165) is 29.8 Å². The smallest absolute Gasteiger partial charge is 0.280 e. The molecule has 0 amide bonds. The molecule has 0 unspecified atom stereocenters. The summed E-state index contributed by atoms with van der Waals surface area (Å²) in [6.45, 7) is 3.58. The van der Waals surface area contributed by atoms with E-state index in [1.807, 2.05) is 0 Å². The summed E-state index contributed by atoms with van der Waals surface area (Å²) in [7, 11) is -3.94. The maximum Gasteiger partial charge on any atom is 0.416 e. The average Bonchev–Trinajstić information content (AvgIpc) is 2.47. The number of benzene rings is 2. The van der Waals surface area contributed by atoms with Gasteiger partial charge in [0, 0.05) is 5.69 Å². The Hall–Kier alpha value is -2.28. The number of nitrogens with one attached hydrogen (secondary N) is 1. The zero-order chi connectivity index (χ0) is 16.4. The minimum absolute atomic E-state index is 0.242. The normalized spacial score (nSPS) is 12.0. The maximum atomic E-state index is 12.5. The summed E-state index contributed by atoms with van der Waals surface area (Å²) >= 11 is 0. The summed E-state index contributed by atoms with van der Waals surface area (Å²) in [5, 5.41) is 0. The molecule has 0 heterocycles. The third-order valence-electron chi connectivity index (χ3n) is 2.89. The van der Waals surface area contributed by atoms with E-state index in [9.17, 15) is 21.6 Å². The fraction of sp³-hybridized carbons (Fsp3) is 0.0667. The molecule has 0 atom stereocenters. The molecule has 0 saturated heterocycles. The van der Waals surface area contributed by atoms with Crippen molar-refractivity contribution in [2.75, 3.05) is 4.72 Å². The molecule has 0 aliphatic heterocycles. The fourth-order valence-corrected chi connectivity index (χ4v) is 2.78. The van der Waals surface area contributed by atoms with E-state index in [1.165, 1.54) is 0 Å². The number of halogens is 3. The first-order valence-corrected chi connectivity index (χ1v) is 7.63. The molecule has 1 N–H and O–H groups in total. The first kappa shape index (κ1) is 16.1. The highest BCUT2D eigenvalue weighted by molar-refractivity contribution is 7.92. The van der Waals surface area contributed by atoms with Crippen LogP contribution in [0.1, 0.15) is 11.1 Å². The topological polar surface area (TPSA) is 46.2 Å². The van der Waals surface area contributed by atoms with Crippen molar-refractivity contribution in [2.45, 2.75) is 11.1 Å². The summed E-state index contributed by atoms with van der Waals surface area (Å²) < 4.78 is 63.9. The predicted octanol–water partition coefficient (Wildman–Crippen LogP) is 4.15. The van der Waals surface area contributed by atoms with Gasteiger partial charge in [0.1, 0.15) is 0 Å². The van der Waals surface area contributed by atoms with Gasteiger partial charge in [-0.25, -0.2) is 8.42 Å². The van der Waals surface area contributed by atoms with Crippen molar-refractivity contribution in [1.29, 1.82) is 0 Å². The second-order valence-electron chi connectivity index (χ2n) is 4.45. The van der Waals surface area contributed by atoms with Crippen molar-refractivity contribution in [3.8, 4) is 0 Å². The lowest BCUT2D eigenvalue weighted by Crippen LogP contribution is -2.13. The molecule has 3 nitrogen and oxygen atoms in total. The van der Waals surface area contributed by atoms with E-state index >= 15 is 0 Å². The van der Waals surface area contributed by atoms with Crippen molar-refractivity contribution in [3.05, 3.63) is 66.2 Å². The van der Waals surface area contributed by atoms with Crippen molar-refractivity contribution >= 4 is 21.8 Å². The lowest BCUT2D eigenvalue weighted by atomic mass is 10.2. The Balaban J connectivity index is 2.24. The lowest BCUT2D eigenvalue weighted by Gasteiger charge is -2.10. The van der Waals surface area contributed by atoms with Crippen LogP contribution >= 0.6 is 0 Å². The summed E-state index contributed by atoms with van der Waals surface area (Å²) in [4.78, 5) is -0.242. The summed E-state index contributed by atoms with van der Waals surface area (Å²) in [5.74, 6) is 0. The summed E-state index contributed by atoms with van der Waals surface area (Å²) in [5.41, 5.74) is 0.227. The molecule has 2 aromatic carbocycles. The van der Waals surface area contributed by atoms with E-state index in [-0.39, 0.29) is 4.90 Å². The van der Waals surface area contributed by atoms with Gasteiger partial charge in [0.05, 0.1) is 10.5 Å². The lowest BCUT2D eigenvalue weighted by molar-refractivity contribution is -0.137. The van der Waals surface area contributed by atoms with Gasteiger partial charge in [0.25, 0.3) is 10.0 Å². The standard InChI is InChI=1S/C15H12F3NO2S/c1-2-11-3-7-13(8-4-11)19-22(20,21)14-9-5-12(6-10-14)15(16,17)18/h2-10,19H,1H2. The molecule has 2 aromatic rings. The van der Waals surface area contributed by atoms with Crippen LogP contribution in [0.4, 0.5) is 18.9 Å². The Labute approximate surface area is 126 Å². The van der Waals surface area contributed by atoms with Crippen LogP contribution in [-0.2, 0) is 16.2 Å². The molecular formula is C15H12F3NO2S. The van der Waals surface area contributed by atoms with Gasteiger partial charge in [-0.05, 0) is 42.0 Å². The number of hydrogen-bond donors (Lipinski definition) is 1. The van der Waals surface area contributed by atoms with Gasteiger partial charge < -0.3 is 0 Å². The number of hydrogen-bond acceptors (Lipinski definition) is 2. The van der Waals surface area contributed by atoms with Crippen LogP contribution in [0.3, 0.4) is 0 Å². The first-order chi connectivity index (χ1) is 10.2. The first-order valence-electron chi connectivity index (χ1n) is 6.15. The molecule has 2 rings (SSSR count). The maximum absolute atomic E-state index is 12.5. The van der Waals surface area contributed by atoms with E-state index in [2.05, 4.69) is 11.3 Å². The van der Waals surface area contributed by atoms with Crippen LogP contribution in [-0.4, -0.2) is 8.42 Å². The van der Waals surface area contributed by atoms with Crippen LogP contribution < -0.4 is 4.72 Å². The minimum Gasteiger partial charge on any atom is -0.280 e. The average molecular weight is 327 g/mol. The third kappa shape index (κ3) is 3.67. The SMILES string of the molecule is C=Cc1ccc(NS(=O)(=O)c2ccc(C(F)(F)F)cc2)cc1. The van der Waals surface area contributed by atoms with Gasteiger partial charge in [-0.15, -0.1) is 0 Å². The van der Waals surface area contributed by atoms with Crippen LogP contribution in [0.5, 0.6) is 0 Å². The molecule has 0 aromatic heterocycles. The second kappa shape index (κ2) is 5.84. The number of sulfonamides is 1. The number of rotatable bonds is 4. The van der Waals surface area contributed by atoms with Crippen molar-refractivity contribution in [1.82, 2.24) is 0 Å².